The number of ether oxygens (including phenoxy) is 1. The van der Waals surface area contributed by atoms with E-state index in [1.165, 1.54) is 12.3 Å². The molecule has 1 fully saturated rings. The van der Waals surface area contributed by atoms with Crippen molar-refractivity contribution in [2.24, 2.45) is 5.73 Å². The molecule has 1 aliphatic rings. The fourth-order valence-corrected chi connectivity index (χ4v) is 3.53. The fraction of sp³-hybridized carbons (Fsp3) is 0.615. The van der Waals surface area contributed by atoms with Crippen LogP contribution in [0.4, 0.5) is 0 Å². The van der Waals surface area contributed by atoms with Gasteiger partial charge in [-0.25, -0.2) is 13.1 Å². The number of sulfonamides is 1. The molecule has 0 spiro atoms. The van der Waals surface area contributed by atoms with Gasteiger partial charge in [-0.1, -0.05) is 0 Å². The molecule has 0 saturated carbocycles. The molecule has 112 valence electrons. The molecule has 20 heavy (non-hydrogen) atoms. The van der Waals surface area contributed by atoms with Crippen molar-refractivity contribution in [3.05, 3.63) is 24.0 Å². The summed E-state index contributed by atoms with van der Waals surface area (Å²) < 4.78 is 32.9. The second-order valence-electron chi connectivity index (χ2n) is 5.61. The molecule has 0 aromatic carbocycles. The summed E-state index contributed by atoms with van der Waals surface area (Å²) >= 11 is 0. The van der Waals surface area contributed by atoms with Crippen molar-refractivity contribution in [3.8, 4) is 0 Å². The number of nitrogens with two attached hydrogens (primary N) is 1. The fourth-order valence-electron chi connectivity index (χ4n) is 2.31. The Labute approximate surface area is 119 Å². The second kappa shape index (κ2) is 5.77. The lowest BCUT2D eigenvalue weighted by Gasteiger charge is -2.35. The van der Waals surface area contributed by atoms with Crippen LogP contribution in [0.1, 0.15) is 32.4 Å². The van der Waals surface area contributed by atoms with Crippen molar-refractivity contribution < 1.29 is 13.2 Å². The van der Waals surface area contributed by atoms with E-state index in [2.05, 4.69) is 9.71 Å². The number of pyridine rings is 1. The first-order chi connectivity index (χ1) is 9.32. The predicted molar refractivity (Wildman–Crippen MR) is 75.5 cm³/mol. The van der Waals surface area contributed by atoms with Crippen LogP contribution in [0, 0.1) is 0 Å². The average molecular weight is 299 g/mol. The van der Waals surface area contributed by atoms with Gasteiger partial charge < -0.3 is 10.5 Å². The molecule has 1 unspecified atom stereocenters. The normalized spacial score (nSPS) is 22.6. The van der Waals surface area contributed by atoms with E-state index in [0.29, 0.717) is 31.7 Å². The number of rotatable bonds is 4. The molecular weight excluding hydrogens is 278 g/mol. The molecule has 1 saturated heterocycles. The molecule has 1 aromatic rings. The number of hydrogen-bond acceptors (Lipinski definition) is 5. The van der Waals surface area contributed by atoms with Gasteiger partial charge >= 0.3 is 0 Å². The summed E-state index contributed by atoms with van der Waals surface area (Å²) in [6.07, 6.45) is 2.67. The molecule has 1 atom stereocenters. The third kappa shape index (κ3) is 3.76. The number of hydrogen-bond donors (Lipinski definition) is 2. The minimum Gasteiger partial charge on any atom is -0.375 e. The molecule has 3 N–H and O–H groups in total. The highest BCUT2D eigenvalue weighted by molar-refractivity contribution is 7.89. The molecule has 0 aliphatic carbocycles. The molecule has 6 nitrogen and oxygen atoms in total. The van der Waals surface area contributed by atoms with Gasteiger partial charge in [0.15, 0.2) is 0 Å². The zero-order valence-corrected chi connectivity index (χ0v) is 12.6. The maximum Gasteiger partial charge on any atom is 0.242 e. The van der Waals surface area contributed by atoms with E-state index in [0.717, 1.165) is 0 Å². The highest BCUT2D eigenvalue weighted by atomic mass is 32.2. The monoisotopic (exact) mass is 299 g/mol. The van der Waals surface area contributed by atoms with E-state index in [-0.39, 0.29) is 16.5 Å². The highest BCUT2D eigenvalue weighted by Crippen LogP contribution is 2.25. The van der Waals surface area contributed by atoms with Crippen LogP contribution in [0.3, 0.4) is 0 Å². The van der Waals surface area contributed by atoms with E-state index >= 15 is 0 Å². The van der Waals surface area contributed by atoms with Crippen molar-refractivity contribution in [2.45, 2.75) is 49.8 Å². The van der Waals surface area contributed by atoms with E-state index in [1.807, 2.05) is 13.8 Å². The summed E-state index contributed by atoms with van der Waals surface area (Å²) in [5.74, 6) is 0. The van der Waals surface area contributed by atoms with Crippen molar-refractivity contribution in [1.82, 2.24) is 9.71 Å². The van der Waals surface area contributed by atoms with Gasteiger partial charge in [0.25, 0.3) is 0 Å². The Kier molecular flexibility index (Phi) is 4.43. The van der Waals surface area contributed by atoms with Crippen LogP contribution in [0.5, 0.6) is 0 Å². The van der Waals surface area contributed by atoms with Gasteiger partial charge in [-0.2, -0.15) is 0 Å². The van der Waals surface area contributed by atoms with Crippen LogP contribution < -0.4 is 10.5 Å². The van der Waals surface area contributed by atoms with Gasteiger partial charge in [0.05, 0.1) is 11.3 Å². The molecule has 1 aliphatic heterocycles. The molecule has 7 heteroatoms. The van der Waals surface area contributed by atoms with Gasteiger partial charge in [-0.15, -0.1) is 0 Å². The Bertz CT molecular complexity index is 555. The highest BCUT2D eigenvalue weighted by Gasteiger charge is 2.31. The maximum absolute atomic E-state index is 12.3. The van der Waals surface area contributed by atoms with Crippen LogP contribution in [0.15, 0.2) is 23.2 Å². The standard InChI is InChI=1S/C13H21N3O3S/c1-13(2)7-10(5-6-19-13)16-20(17,18)12-4-3-11(8-14)15-9-12/h3-4,9-10,16H,5-8,14H2,1-2H3. The van der Waals surface area contributed by atoms with Gasteiger partial charge in [0.1, 0.15) is 4.90 Å². The van der Waals surface area contributed by atoms with Gasteiger partial charge in [-0.3, -0.25) is 4.98 Å². The molecule has 0 amide bonds. The molecule has 2 heterocycles. The zero-order valence-electron chi connectivity index (χ0n) is 11.8. The quantitative estimate of drug-likeness (QED) is 0.856. The van der Waals surface area contributed by atoms with Crippen LogP contribution >= 0.6 is 0 Å². The van der Waals surface area contributed by atoms with Crippen LogP contribution in [0.25, 0.3) is 0 Å². The van der Waals surface area contributed by atoms with Crippen molar-refractivity contribution >= 4 is 10.0 Å². The van der Waals surface area contributed by atoms with Crippen molar-refractivity contribution in [3.63, 3.8) is 0 Å². The lowest BCUT2D eigenvalue weighted by Crippen LogP contribution is -2.45. The summed E-state index contributed by atoms with van der Waals surface area (Å²) in [6, 6.07) is 3.04. The topological polar surface area (TPSA) is 94.3 Å². The van der Waals surface area contributed by atoms with E-state index < -0.39 is 10.0 Å². The third-order valence-corrected chi connectivity index (χ3v) is 4.84. The third-order valence-electron chi connectivity index (χ3n) is 3.34. The SMILES string of the molecule is CC1(C)CC(NS(=O)(=O)c2ccc(CN)nc2)CCO1. The van der Waals surface area contributed by atoms with Gasteiger partial charge in [0, 0.05) is 25.4 Å². The second-order valence-corrected chi connectivity index (χ2v) is 7.32. The van der Waals surface area contributed by atoms with E-state index in [1.54, 1.807) is 6.07 Å². The largest absolute Gasteiger partial charge is 0.375 e. The summed E-state index contributed by atoms with van der Waals surface area (Å²) in [5.41, 5.74) is 5.81. The van der Waals surface area contributed by atoms with Crippen molar-refractivity contribution in [2.75, 3.05) is 6.61 Å². The first-order valence-electron chi connectivity index (χ1n) is 6.64. The first-order valence-corrected chi connectivity index (χ1v) is 8.12. The minimum atomic E-state index is -3.54. The zero-order chi connectivity index (χ0) is 14.8. The number of nitrogens with one attached hydrogen (secondary N) is 1. The summed E-state index contributed by atoms with van der Waals surface area (Å²) in [7, 11) is -3.54. The van der Waals surface area contributed by atoms with Gasteiger partial charge in [-0.05, 0) is 38.8 Å². The van der Waals surface area contributed by atoms with E-state index in [9.17, 15) is 8.42 Å². The number of aromatic nitrogens is 1. The average Bonchev–Trinajstić information content (AvgIpc) is 2.37. The van der Waals surface area contributed by atoms with Crippen molar-refractivity contribution in [1.29, 1.82) is 0 Å². The van der Waals surface area contributed by atoms with Crippen LogP contribution in [0.2, 0.25) is 0 Å². The molecule has 2 rings (SSSR count). The smallest absolute Gasteiger partial charge is 0.242 e. The Balaban J connectivity index is 2.10. The van der Waals surface area contributed by atoms with Crippen LogP contribution in [-0.4, -0.2) is 31.7 Å². The number of nitrogens with zero attached hydrogens (tertiary/aromatic N) is 1. The van der Waals surface area contributed by atoms with Crippen LogP contribution in [-0.2, 0) is 21.3 Å². The maximum atomic E-state index is 12.3. The Hall–Kier alpha value is -1.02. The lowest BCUT2D eigenvalue weighted by molar-refractivity contribution is -0.0599. The molecular formula is C13H21N3O3S. The lowest BCUT2D eigenvalue weighted by atomic mass is 9.95. The molecule has 0 radical (unpaired) electrons. The minimum absolute atomic E-state index is 0.113. The molecule has 1 aromatic heterocycles. The molecule has 0 bridgehead atoms. The Morgan fingerprint density at radius 3 is 2.80 bits per heavy atom. The first kappa shape index (κ1) is 15.4. The summed E-state index contributed by atoms with van der Waals surface area (Å²) in [5, 5.41) is 0. The van der Waals surface area contributed by atoms with Gasteiger partial charge in [0.2, 0.25) is 10.0 Å². The Morgan fingerprint density at radius 1 is 1.50 bits per heavy atom. The summed E-state index contributed by atoms with van der Waals surface area (Å²) in [6.45, 7) is 4.78. The van der Waals surface area contributed by atoms with E-state index in [4.69, 9.17) is 10.5 Å². The summed E-state index contributed by atoms with van der Waals surface area (Å²) in [4.78, 5) is 4.18. The Morgan fingerprint density at radius 2 is 2.25 bits per heavy atom. The predicted octanol–water partition coefficient (Wildman–Crippen LogP) is 0.776.